The average Bonchev–Trinajstić information content (AvgIpc) is 2.61. The first-order valence-corrected chi connectivity index (χ1v) is 7.51. The maximum absolute atomic E-state index is 11.9. The maximum atomic E-state index is 11.9. The molecular formula is C17H18N2O6. The number of hydrogen-bond donors (Lipinski definition) is 1. The minimum absolute atomic E-state index is 0.00681. The highest BCUT2D eigenvalue weighted by Crippen LogP contribution is 2.31. The molecule has 0 spiro atoms. The lowest BCUT2D eigenvalue weighted by atomic mass is 10.3. The summed E-state index contributed by atoms with van der Waals surface area (Å²) in [7, 11) is 1.41. The van der Waals surface area contributed by atoms with E-state index in [0.717, 1.165) is 0 Å². The molecule has 132 valence electrons. The topological polar surface area (TPSA) is 99.9 Å². The Bertz CT molecular complexity index is 745. The number of nitro groups is 1. The van der Waals surface area contributed by atoms with E-state index in [1.54, 1.807) is 24.3 Å². The number of carbonyl (C=O) groups is 1. The summed E-state index contributed by atoms with van der Waals surface area (Å²) in [6.45, 7) is 2.08. The second-order valence-electron chi connectivity index (χ2n) is 4.89. The number of rotatable bonds is 8. The standard InChI is InChI=1S/C17H18N2O6/c1-3-24-13-6-4-12(5-7-13)18-17(20)11-25-16-9-8-14(23-2)10-15(16)19(21)22/h4-10H,3,11H2,1-2H3,(H,18,20). The third-order valence-electron chi connectivity index (χ3n) is 3.17. The number of hydrogen-bond acceptors (Lipinski definition) is 6. The van der Waals surface area contributed by atoms with Crippen LogP contribution in [0.4, 0.5) is 11.4 Å². The quantitative estimate of drug-likeness (QED) is 0.582. The Hall–Kier alpha value is -3.29. The van der Waals surface area contributed by atoms with E-state index in [9.17, 15) is 14.9 Å². The van der Waals surface area contributed by atoms with E-state index in [2.05, 4.69) is 5.32 Å². The zero-order valence-electron chi connectivity index (χ0n) is 13.9. The Morgan fingerprint density at radius 1 is 1.12 bits per heavy atom. The van der Waals surface area contributed by atoms with Gasteiger partial charge < -0.3 is 19.5 Å². The van der Waals surface area contributed by atoms with Crippen LogP contribution >= 0.6 is 0 Å². The van der Waals surface area contributed by atoms with Crippen LogP contribution in [0.3, 0.4) is 0 Å². The van der Waals surface area contributed by atoms with Crippen molar-refractivity contribution in [1.29, 1.82) is 0 Å². The summed E-state index contributed by atoms with van der Waals surface area (Å²) in [5.41, 5.74) is 0.300. The maximum Gasteiger partial charge on any atom is 0.314 e. The number of nitrogens with zero attached hydrogens (tertiary/aromatic N) is 1. The molecule has 1 amide bonds. The zero-order chi connectivity index (χ0) is 18.2. The number of carbonyl (C=O) groups excluding carboxylic acids is 1. The van der Waals surface area contributed by atoms with Gasteiger partial charge in [0, 0.05) is 5.69 Å². The minimum atomic E-state index is -0.595. The van der Waals surface area contributed by atoms with Gasteiger partial charge in [0.25, 0.3) is 5.91 Å². The predicted molar refractivity (Wildman–Crippen MR) is 91.4 cm³/mol. The third-order valence-corrected chi connectivity index (χ3v) is 3.17. The smallest absolute Gasteiger partial charge is 0.314 e. The van der Waals surface area contributed by atoms with Crippen molar-refractivity contribution in [2.24, 2.45) is 0 Å². The molecule has 2 aromatic carbocycles. The Labute approximate surface area is 144 Å². The van der Waals surface area contributed by atoms with Gasteiger partial charge in [0.15, 0.2) is 12.4 Å². The molecule has 0 unspecified atom stereocenters. The molecule has 0 heterocycles. The predicted octanol–water partition coefficient (Wildman–Crippen LogP) is 3.02. The molecule has 0 aliphatic rings. The van der Waals surface area contributed by atoms with Crippen molar-refractivity contribution in [3.05, 3.63) is 52.6 Å². The summed E-state index contributed by atoms with van der Waals surface area (Å²) >= 11 is 0. The van der Waals surface area contributed by atoms with Gasteiger partial charge in [-0.2, -0.15) is 0 Å². The van der Waals surface area contributed by atoms with Gasteiger partial charge in [-0.15, -0.1) is 0 Å². The van der Waals surface area contributed by atoms with E-state index in [1.807, 2.05) is 6.92 Å². The van der Waals surface area contributed by atoms with Crippen LogP contribution in [0.2, 0.25) is 0 Å². The molecule has 8 heteroatoms. The molecule has 0 radical (unpaired) electrons. The Morgan fingerprint density at radius 3 is 2.40 bits per heavy atom. The number of benzene rings is 2. The van der Waals surface area contributed by atoms with Crippen LogP contribution in [0.25, 0.3) is 0 Å². The van der Waals surface area contributed by atoms with E-state index in [1.165, 1.54) is 25.3 Å². The molecule has 0 saturated heterocycles. The molecule has 0 aliphatic carbocycles. The van der Waals surface area contributed by atoms with Gasteiger partial charge in [0.05, 0.1) is 24.7 Å². The van der Waals surface area contributed by atoms with Crippen LogP contribution in [0.15, 0.2) is 42.5 Å². The summed E-state index contributed by atoms with van der Waals surface area (Å²) in [5.74, 6) is 0.588. The van der Waals surface area contributed by atoms with Crippen molar-refractivity contribution in [1.82, 2.24) is 0 Å². The molecule has 2 aromatic rings. The summed E-state index contributed by atoms with van der Waals surface area (Å²) in [5, 5.41) is 13.7. The van der Waals surface area contributed by atoms with Gasteiger partial charge in [-0.3, -0.25) is 14.9 Å². The molecule has 2 rings (SSSR count). The Balaban J connectivity index is 1.96. The van der Waals surface area contributed by atoms with Crippen LogP contribution in [-0.4, -0.2) is 31.2 Å². The van der Waals surface area contributed by atoms with Gasteiger partial charge in [-0.25, -0.2) is 0 Å². The van der Waals surface area contributed by atoms with Gasteiger partial charge >= 0.3 is 5.69 Å². The van der Waals surface area contributed by atoms with Crippen molar-refractivity contribution >= 4 is 17.3 Å². The number of nitro benzene ring substituents is 1. The number of nitrogens with one attached hydrogen (secondary N) is 1. The first kappa shape index (κ1) is 18.1. The number of amides is 1. The molecule has 8 nitrogen and oxygen atoms in total. The monoisotopic (exact) mass is 346 g/mol. The Morgan fingerprint density at radius 2 is 1.80 bits per heavy atom. The van der Waals surface area contributed by atoms with E-state index in [4.69, 9.17) is 14.2 Å². The molecule has 0 saturated carbocycles. The summed E-state index contributed by atoms with van der Waals surface area (Å²) in [4.78, 5) is 22.4. The number of ether oxygens (including phenoxy) is 3. The van der Waals surface area contributed by atoms with E-state index in [0.29, 0.717) is 23.8 Å². The van der Waals surface area contributed by atoms with Crippen LogP contribution in [-0.2, 0) is 4.79 Å². The fourth-order valence-corrected chi connectivity index (χ4v) is 2.03. The molecule has 1 N–H and O–H groups in total. The van der Waals surface area contributed by atoms with Gasteiger partial charge in [-0.05, 0) is 43.3 Å². The largest absolute Gasteiger partial charge is 0.496 e. The molecule has 0 atom stereocenters. The summed E-state index contributed by atoms with van der Waals surface area (Å²) in [6, 6.07) is 11.0. The van der Waals surface area contributed by atoms with E-state index in [-0.39, 0.29) is 18.0 Å². The zero-order valence-corrected chi connectivity index (χ0v) is 13.9. The lowest BCUT2D eigenvalue weighted by molar-refractivity contribution is -0.385. The molecular weight excluding hydrogens is 328 g/mol. The molecule has 0 aliphatic heterocycles. The normalized spacial score (nSPS) is 10.0. The van der Waals surface area contributed by atoms with Crippen LogP contribution < -0.4 is 19.5 Å². The van der Waals surface area contributed by atoms with Crippen molar-refractivity contribution < 1.29 is 23.9 Å². The highest BCUT2D eigenvalue weighted by Gasteiger charge is 2.17. The third kappa shape index (κ3) is 5.10. The average molecular weight is 346 g/mol. The van der Waals surface area contributed by atoms with Gasteiger partial charge in [-0.1, -0.05) is 0 Å². The SMILES string of the molecule is CCOc1ccc(NC(=O)COc2ccc(OC)cc2[N+](=O)[O-])cc1. The number of methoxy groups -OCH3 is 1. The lowest BCUT2D eigenvalue weighted by Crippen LogP contribution is -2.20. The molecule has 25 heavy (non-hydrogen) atoms. The fourth-order valence-electron chi connectivity index (χ4n) is 2.03. The van der Waals surface area contributed by atoms with Gasteiger partial charge in [0.1, 0.15) is 11.5 Å². The summed E-state index contributed by atoms with van der Waals surface area (Å²) < 4.78 is 15.5. The summed E-state index contributed by atoms with van der Waals surface area (Å²) in [6.07, 6.45) is 0. The van der Waals surface area contributed by atoms with Crippen molar-refractivity contribution in [3.8, 4) is 17.2 Å². The molecule has 0 aromatic heterocycles. The highest BCUT2D eigenvalue weighted by atomic mass is 16.6. The number of anilines is 1. The minimum Gasteiger partial charge on any atom is -0.496 e. The lowest BCUT2D eigenvalue weighted by Gasteiger charge is -2.09. The second-order valence-corrected chi connectivity index (χ2v) is 4.89. The highest BCUT2D eigenvalue weighted by molar-refractivity contribution is 5.92. The van der Waals surface area contributed by atoms with Crippen molar-refractivity contribution in [3.63, 3.8) is 0 Å². The van der Waals surface area contributed by atoms with Crippen LogP contribution in [0.5, 0.6) is 17.2 Å². The first-order chi connectivity index (χ1) is 12.0. The van der Waals surface area contributed by atoms with Crippen molar-refractivity contribution in [2.45, 2.75) is 6.92 Å². The first-order valence-electron chi connectivity index (χ1n) is 7.51. The van der Waals surface area contributed by atoms with E-state index >= 15 is 0 Å². The van der Waals surface area contributed by atoms with Crippen LogP contribution in [0, 0.1) is 10.1 Å². The molecule has 0 fully saturated rings. The van der Waals surface area contributed by atoms with E-state index < -0.39 is 10.8 Å². The second kappa shape index (κ2) is 8.53. The van der Waals surface area contributed by atoms with Crippen molar-refractivity contribution in [2.75, 3.05) is 25.6 Å². The van der Waals surface area contributed by atoms with Crippen LogP contribution in [0.1, 0.15) is 6.92 Å². The van der Waals surface area contributed by atoms with Gasteiger partial charge in [0.2, 0.25) is 0 Å². The fraction of sp³-hybridized carbons (Fsp3) is 0.235. The molecule has 0 bridgehead atoms. The Kier molecular flexibility index (Phi) is 6.16.